The van der Waals surface area contributed by atoms with E-state index < -0.39 is 0 Å². The minimum atomic E-state index is 0.0389. The van der Waals surface area contributed by atoms with E-state index in [1.54, 1.807) is 6.26 Å². The summed E-state index contributed by atoms with van der Waals surface area (Å²) >= 11 is 0. The van der Waals surface area contributed by atoms with Crippen LogP contribution in [-0.4, -0.2) is 45.1 Å². The molecule has 0 bridgehead atoms. The highest BCUT2D eigenvalue weighted by molar-refractivity contribution is 5.81. The molecule has 0 radical (unpaired) electrons. The first-order chi connectivity index (χ1) is 11.7. The Bertz CT molecular complexity index is 692. The van der Waals surface area contributed by atoms with Crippen molar-refractivity contribution in [2.45, 2.75) is 44.7 Å². The lowest BCUT2D eigenvalue weighted by atomic mass is 9.90. The van der Waals surface area contributed by atoms with Gasteiger partial charge in [0, 0.05) is 18.4 Å². The second-order valence-corrected chi connectivity index (χ2v) is 6.88. The molecule has 2 aliphatic rings. The van der Waals surface area contributed by atoms with E-state index in [-0.39, 0.29) is 23.8 Å². The lowest BCUT2D eigenvalue weighted by molar-refractivity contribution is -0.123. The number of piperidine rings is 1. The maximum absolute atomic E-state index is 12.3. The maximum Gasteiger partial charge on any atom is 0.223 e. The van der Waals surface area contributed by atoms with E-state index in [9.17, 15) is 4.79 Å². The summed E-state index contributed by atoms with van der Waals surface area (Å²) in [6, 6.07) is 3.94. The van der Waals surface area contributed by atoms with Gasteiger partial charge >= 0.3 is 0 Å². The Labute approximate surface area is 140 Å². The van der Waals surface area contributed by atoms with E-state index in [1.807, 2.05) is 19.1 Å². The van der Waals surface area contributed by atoms with Crippen molar-refractivity contribution in [3.63, 3.8) is 0 Å². The molecule has 0 aromatic carbocycles. The Balaban J connectivity index is 1.48. The van der Waals surface area contributed by atoms with Crippen molar-refractivity contribution in [3.8, 4) is 0 Å². The lowest BCUT2D eigenvalue weighted by Crippen LogP contribution is -2.52. The first-order valence-electron chi connectivity index (χ1n) is 8.63. The van der Waals surface area contributed by atoms with Crippen LogP contribution in [0.3, 0.4) is 0 Å². The number of hydrogen-bond acceptors (Lipinski definition) is 5. The van der Waals surface area contributed by atoms with Gasteiger partial charge in [-0.25, -0.2) is 4.98 Å². The number of aryl methyl sites for hydroxylation is 1. The number of amides is 1. The van der Waals surface area contributed by atoms with Crippen molar-refractivity contribution in [3.05, 3.63) is 35.8 Å². The smallest absolute Gasteiger partial charge is 0.223 e. The average Bonchev–Trinajstić information content (AvgIpc) is 3.15. The van der Waals surface area contributed by atoms with Gasteiger partial charge in [0.15, 0.2) is 5.82 Å². The highest BCUT2D eigenvalue weighted by Crippen LogP contribution is 2.31. The van der Waals surface area contributed by atoms with E-state index in [2.05, 4.69) is 25.4 Å². The first-order valence-corrected chi connectivity index (χ1v) is 8.63. The van der Waals surface area contributed by atoms with Crippen LogP contribution in [0, 0.1) is 12.8 Å². The molecule has 7 heteroatoms. The normalized spacial score (nSPS) is 24.9. The van der Waals surface area contributed by atoms with Crippen molar-refractivity contribution in [1.29, 1.82) is 0 Å². The predicted octanol–water partition coefficient (Wildman–Crippen LogP) is 1.59. The Kier molecular flexibility index (Phi) is 4.10. The molecular formula is C17H23N5O2. The Morgan fingerprint density at radius 1 is 1.46 bits per heavy atom. The van der Waals surface area contributed by atoms with Gasteiger partial charge in [0.1, 0.15) is 11.6 Å². The highest BCUT2D eigenvalue weighted by Gasteiger charge is 2.37. The van der Waals surface area contributed by atoms with E-state index in [0.717, 1.165) is 56.3 Å². The van der Waals surface area contributed by atoms with E-state index >= 15 is 0 Å². The summed E-state index contributed by atoms with van der Waals surface area (Å²) in [4.78, 5) is 19.1. The predicted molar refractivity (Wildman–Crippen MR) is 87.1 cm³/mol. The quantitative estimate of drug-likeness (QED) is 0.870. The zero-order chi connectivity index (χ0) is 16.5. The van der Waals surface area contributed by atoms with Gasteiger partial charge in [-0.3, -0.25) is 14.8 Å². The number of hydrogen-bond donors (Lipinski definition) is 2. The molecule has 2 N–H and O–H groups in total. The molecule has 1 amide bonds. The van der Waals surface area contributed by atoms with Gasteiger partial charge in [-0.15, -0.1) is 0 Å². The van der Waals surface area contributed by atoms with Crippen LogP contribution >= 0.6 is 0 Å². The van der Waals surface area contributed by atoms with Crippen LogP contribution in [0.5, 0.6) is 0 Å². The molecule has 7 nitrogen and oxygen atoms in total. The minimum absolute atomic E-state index is 0.0389. The van der Waals surface area contributed by atoms with Gasteiger partial charge in [0.25, 0.3) is 0 Å². The number of carbonyl (C=O) groups excluding carboxylic acids is 1. The van der Waals surface area contributed by atoms with Gasteiger partial charge in [-0.2, -0.15) is 5.10 Å². The fourth-order valence-corrected chi connectivity index (χ4v) is 3.41. The Morgan fingerprint density at radius 2 is 2.33 bits per heavy atom. The summed E-state index contributed by atoms with van der Waals surface area (Å²) in [5, 5.41) is 10.5. The average molecular weight is 329 g/mol. The topological polar surface area (TPSA) is 87.1 Å². The summed E-state index contributed by atoms with van der Waals surface area (Å²) in [7, 11) is 0. The second-order valence-electron chi connectivity index (χ2n) is 6.88. The van der Waals surface area contributed by atoms with Crippen molar-refractivity contribution in [1.82, 2.24) is 25.4 Å². The first kappa shape index (κ1) is 15.4. The number of rotatable bonds is 5. The third kappa shape index (κ3) is 3.36. The SMILES string of the molecule is Cc1nc([C@H]2CCN(Cc3ccco3)C[C@H]2NC(=O)C2CC2)n[nH]1. The van der Waals surface area contributed by atoms with Crippen LogP contribution in [0.25, 0.3) is 0 Å². The second kappa shape index (κ2) is 6.39. The van der Waals surface area contributed by atoms with Crippen molar-refractivity contribution >= 4 is 5.91 Å². The molecule has 0 spiro atoms. The molecule has 128 valence electrons. The van der Waals surface area contributed by atoms with E-state index in [0.29, 0.717) is 0 Å². The number of nitrogens with zero attached hydrogens (tertiary/aromatic N) is 3. The van der Waals surface area contributed by atoms with Crippen LogP contribution in [0.2, 0.25) is 0 Å². The zero-order valence-corrected chi connectivity index (χ0v) is 13.9. The molecule has 0 unspecified atom stereocenters. The number of aromatic amines is 1. The molecule has 2 atom stereocenters. The highest BCUT2D eigenvalue weighted by atomic mass is 16.3. The van der Waals surface area contributed by atoms with E-state index in [4.69, 9.17) is 4.42 Å². The molecule has 1 aliphatic heterocycles. The van der Waals surface area contributed by atoms with Gasteiger partial charge in [0.05, 0.1) is 18.8 Å². The molecule has 3 heterocycles. The summed E-state index contributed by atoms with van der Waals surface area (Å²) in [5.41, 5.74) is 0. The van der Waals surface area contributed by atoms with Gasteiger partial charge in [-0.05, 0) is 44.9 Å². The molecule has 2 fully saturated rings. The lowest BCUT2D eigenvalue weighted by Gasteiger charge is -2.37. The summed E-state index contributed by atoms with van der Waals surface area (Å²) in [6.45, 7) is 4.40. The summed E-state index contributed by atoms with van der Waals surface area (Å²) in [6.07, 6.45) is 4.65. The minimum Gasteiger partial charge on any atom is -0.468 e. The fraction of sp³-hybridized carbons (Fsp3) is 0.588. The molecule has 2 aromatic rings. The third-order valence-corrected chi connectivity index (χ3v) is 4.88. The van der Waals surface area contributed by atoms with Gasteiger partial charge in [-0.1, -0.05) is 0 Å². The van der Waals surface area contributed by atoms with Crippen molar-refractivity contribution < 1.29 is 9.21 Å². The van der Waals surface area contributed by atoms with Crippen LogP contribution < -0.4 is 5.32 Å². The molecule has 1 saturated carbocycles. The number of nitrogens with one attached hydrogen (secondary N) is 2. The van der Waals surface area contributed by atoms with Crippen molar-refractivity contribution in [2.24, 2.45) is 5.92 Å². The number of H-pyrrole nitrogens is 1. The van der Waals surface area contributed by atoms with Gasteiger partial charge in [0.2, 0.25) is 5.91 Å². The summed E-state index contributed by atoms with van der Waals surface area (Å²) < 4.78 is 5.46. The third-order valence-electron chi connectivity index (χ3n) is 4.88. The molecule has 4 rings (SSSR count). The van der Waals surface area contributed by atoms with Crippen LogP contribution in [0.1, 0.15) is 42.6 Å². The largest absolute Gasteiger partial charge is 0.468 e. The molecule has 2 aromatic heterocycles. The number of aromatic nitrogens is 3. The van der Waals surface area contributed by atoms with E-state index in [1.165, 1.54) is 0 Å². The number of furan rings is 1. The fourth-order valence-electron chi connectivity index (χ4n) is 3.41. The van der Waals surface area contributed by atoms with Crippen LogP contribution in [-0.2, 0) is 11.3 Å². The standard InChI is InChI=1S/C17H23N5O2/c1-11-18-16(21-20-11)14-6-7-22(9-13-3-2-8-24-13)10-15(14)19-17(23)12-4-5-12/h2-3,8,12,14-15H,4-7,9-10H2,1H3,(H,19,23)(H,18,20,21)/t14-,15+/m0/s1. The number of carbonyl (C=O) groups is 1. The van der Waals surface area contributed by atoms with Crippen LogP contribution in [0.4, 0.5) is 0 Å². The molecule has 24 heavy (non-hydrogen) atoms. The maximum atomic E-state index is 12.3. The van der Waals surface area contributed by atoms with Gasteiger partial charge < -0.3 is 9.73 Å². The van der Waals surface area contributed by atoms with Crippen LogP contribution in [0.15, 0.2) is 22.8 Å². The monoisotopic (exact) mass is 329 g/mol. The Hall–Kier alpha value is -2.15. The molecule has 1 aliphatic carbocycles. The zero-order valence-electron chi connectivity index (χ0n) is 13.9. The number of likely N-dealkylation sites (tertiary alicyclic amines) is 1. The molecule has 1 saturated heterocycles. The summed E-state index contributed by atoms with van der Waals surface area (Å²) in [5.74, 6) is 3.12. The van der Waals surface area contributed by atoms with Crippen molar-refractivity contribution in [2.75, 3.05) is 13.1 Å². The molecular weight excluding hydrogens is 306 g/mol. The Morgan fingerprint density at radius 3 is 3.00 bits per heavy atom.